The minimum atomic E-state index is -3.02. The van der Waals surface area contributed by atoms with Crippen LogP contribution in [-0.4, -0.2) is 12.4 Å². The number of carbonyl (C=O) groups excluding carboxylic acids is 1. The molecule has 0 N–H and O–H groups in total. The Kier molecular flexibility index (Phi) is 4.77. The monoisotopic (exact) mass is 292 g/mol. The van der Waals surface area contributed by atoms with E-state index in [1.54, 1.807) is 6.07 Å². The second-order valence-corrected chi connectivity index (χ2v) is 4.09. The normalized spacial score (nSPS) is 11.0. The summed E-state index contributed by atoms with van der Waals surface area (Å²) in [6, 6.07) is 11.6. The molecule has 5 heteroatoms. The molecular formula is C16H11F3O2. The molecule has 0 aliphatic carbocycles. The van der Waals surface area contributed by atoms with E-state index in [1.807, 2.05) is 0 Å². The molecule has 0 spiro atoms. The lowest BCUT2D eigenvalue weighted by Crippen LogP contribution is -2.06. The molecule has 0 atom stereocenters. The number of ketones is 1. The minimum absolute atomic E-state index is 0.00890. The molecule has 0 saturated carbocycles. The topological polar surface area (TPSA) is 26.3 Å². The van der Waals surface area contributed by atoms with Crippen molar-refractivity contribution >= 4 is 11.9 Å². The maximum absolute atomic E-state index is 13.4. The summed E-state index contributed by atoms with van der Waals surface area (Å²) in [5, 5.41) is 0. The third kappa shape index (κ3) is 3.95. The summed E-state index contributed by atoms with van der Waals surface area (Å²) in [7, 11) is 0. The molecule has 2 aromatic carbocycles. The molecule has 0 saturated heterocycles. The average molecular weight is 292 g/mol. The van der Waals surface area contributed by atoms with Crippen molar-refractivity contribution in [2.75, 3.05) is 0 Å². The molecule has 0 unspecified atom stereocenters. The molecule has 2 nitrogen and oxygen atoms in total. The van der Waals surface area contributed by atoms with Crippen LogP contribution in [0.4, 0.5) is 13.2 Å². The van der Waals surface area contributed by atoms with Crippen LogP contribution in [0.1, 0.15) is 15.9 Å². The quantitative estimate of drug-likeness (QED) is 0.606. The van der Waals surface area contributed by atoms with Gasteiger partial charge >= 0.3 is 6.61 Å². The summed E-state index contributed by atoms with van der Waals surface area (Å²) in [4.78, 5) is 12.0. The Morgan fingerprint density at radius 3 is 2.43 bits per heavy atom. The number of rotatable bonds is 5. The van der Waals surface area contributed by atoms with E-state index in [9.17, 15) is 18.0 Å². The molecule has 0 heterocycles. The number of alkyl halides is 2. The second-order valence-electron chi connectivity index (χ2n) is 4.09. The predicted octanol–water partition coefficient (Wildman–Crippen LogP) is 4.32. The van der Waals surface area contributed by atoms with Crippen LogP contribution in [0.2, 0.25) is 0 Å². The van der Waals surface area contributed by atoms with Crippen molar-refractivity contribution in [2.24, 2.45) is 0 Å². The van der Waals surface area contributed by atoms with Gasteiger partial charge in [0.05, 0.1) is 5.56 Å². The van der Waals surface area contributed by atoms with Crippen molar-refractivity contribution in [1.29, 1.82) is 0 Å². The van der Waals surface area contributed by atoms with Crippen molar-refractivity contribution < 1.29 is 22.7 Å². The van der Waals surface area contributed by atoms with Crippen LogP contribution in [0, 0.1) is 5.82 Å². The van der Waals surface area contributed by atoms with Crippen LogP contribution >= 0.6 is 0 Å². The van der Waals surface area contributed by atoms with Crippen LogP contribution in [0.5, 0.6) is 5.75 Å². The van der Waals surface area contributed by atoms with Crippen LogP contribution in [0.25, 0.3) is 6.08 Å². The molecule has 0 aliphatic heterocycles. The number of halogens is 3. The van der Waals surface area contributed by atoms with Gasteiger partial charge in [-0.1, -0.05) is 30.3 Å². The van der Waals surface area contributed by atoms with Crippen molar-refractivity contribution in [2.45, 2.75) is 6.61 Å². The summed E-state index contributed by atoms with van der Waals surface area (Å²) in [5.74, 6) is -1.23. The smallest absolute Gasteiger partial charge is 0.387 e. The molecule has 2 aromatic rings. The van der Waals surface area contributed by atoms with E-state index in [0.29, 0.717) is 0 Å². The highest BCUT2D eigenvalue weighted by Gasteiger charge is 2.13. The Morgan fingerprint density at radius 2 is 1.71 bits per heavy atom. The number of para-hydroxylation sites is 1. The third-order valence-corrected chi connectivity index (χ3v) is 2.69. The van der Waals surface area contributed by atoms with Crippen LogP contribution in [-0.2, 0) is 0 Å². The fourth-order valence-corrected chi connectivity index (χ4v) is 1.73. The lowest BCUT2D eigenvalue weighted by Gasteiger charge is -2.07. The van der Waals surface area contributed by atoms with E-state index in [0.717, 1.165) is 6.08 Å². The highest BCUT2D eigenvalue weighted by atomic mass is 19.3. The largest absolute Gasteiger partial charge is 0.434 e. The van der Waals surface area contributed by atoms with Gasteiger partial charge in [-0.15, -0.1) is 0 Å². The Morgan fingerprint density at radius 1 is 1.05 bits per heavy atom. The predicted molar refractivity (Wildman–Crippen MR) is 72.8 cm³/mol. The van der Waals surface area contributed by atoms with E-state index < -0.39 is 18.2 Å². The molecule has 0 amide bonds. The fourth-order valence-electron chi connectivity index (χ4n) is 1.73. The summed E-state index contributed by atoms with van der Waals surface area (Å²) in [6.45, 7) is -3.02. The van der Waals surface area contributed by atoms with Gasteiger partial charge in [-0.3, -0.25) is 4.79 Å². The number of hydrogen-bond donors (Lipinski definition) is 0. The van der Waals surface area contributed by atoms with E-state index in [1.165, 1.54) is 48.5 Å². The maximum atomic E-state index is 13.4. The SMILES string of the molecule is O=C(C=Cc1ccccc1F)c1ccccc1OC(F)F. The van der Waals surface area contributed by atoms with Gasteiger partial charge in [-0.25, -0.2) is 4.39 Å². The van der Waals surface area contributed by atoms with E-state index in [4.69, 9.17) is 0 Å². The van der Waals surface area contributed by atoms with Gasteiger partial charge in [-0.2, -0.15) is 8.78 Å². The first-order valence-corrected chi connectivity index (χ1v) is 6.08. The first-order chi connectivity index (χ1) is 10.1. The molecule has 0 aromatic heterocycles. The minimum Gasteiger partial charge on any atom is -0.434 e. The van der Waals surface area contributed by atoms with Crippen molar-refractivity contribution in [3.63, 3.8) is 0 Å². The van der Waals surface area contributed by atoms with Gasteiger partial charge in [-0.05, 0) is 30.4 Å². The molecule has 0 fully saturated rings. The number of allylic oxidation sites excluding steroid dienone is 1. The number of hydrogen-bond acceptors (Lipinski definition) is 2. The highest BCUT2D eigenvalue weighted by Crippen LogP contribution is 2.21. The van der Waals surface area contributed by atoms with Gasteiger partial charge in [0.2, 0.25) is 0 Å². The zero-order chi connectivity index (χ0) is 15.2. The van der Waals surface area contributed by atoms with Gasteiger partial charge in [0.1, 0.15) is 11.6 Å². The molecule has 108 valence electrons. The Hall–Kier alpha value is -2.56. The summed E-state index contributed by atoms with van der Waals surface area (Å²) >= 11 is 0. The lowest BCUT2D eigenvalue weighted by molar-refractivity contribution is -0.0501. The average Bonchev–Trinajstić information content (AvgIpc) is 2.46. The van der Waals surface area contributed by atoms with E-state index in [2.05, 4.69) is 4.74 Å². The number of benzene rings is 2. The molecule has 21 heavy (non-hydrogen) atoms. The van der Waals surface area contributed by atoms with Crippen LogP contribution in [0.3, 0.4) is 0 Å². The van der Waals surface area contributed by atoms with E-state index in [-0.39, 0.29) is 16.9 Å². The van der Waals surface area contributed by atoms with Gasteiger partial charge < -0.3 is 4.74 Å². The highest BCUT2D eigenvalue weighted by molar-refractivity contribution is 6.08. The van der Waals surface area contributed by atoms with Gasteiger partial charge in [0.15, 0.2) is 5.78 Å². The Bertz CT molecular complexity index is 666. The summed E-state index contributed by atoms with van der Waals surface area (Å²) in [5.41, 5.74) is 0.225. The third-order valence-electron chi connectivity index (χ3n) is 2.69. The first-order valence-electron chi connectivity index (χ1n) is 6.08. The Balaban J connectivity index is 2.23. The molecular weight excluding hydrogens is 281 g/mol. The zero-order valence-electron chi connectivity index (χ0n) is 10.8. The fraction of sp³-hybridized carbons (Fsp3) is 0.0625. The van der Waals surface area contributed by atoms with Crippen LogP contribution < -0.4 is 4.74 Å². The van der Waals surface area contributed by atoms with Crippen LogP contribution in [0.15, 0.2) is 54.6 Å². The summed E-state index contributed by atoms with van der Waals surface area (Å²) < 4.78 is 42.2. The summed E-state index contributed by atoms with van der Waals surface area (Å²) in [6.07, 6.45) is 2.41. The maximum Gasteiger partial charge on any atom is 0.387 e. The number of ether oxygens (including phenoxy) is 1. The lowest BCUT2D eigenvalue weighted by atomic mass is 10.1. The second kappa shape index (κ2) is 6.74. The van der Waals surface area contributed by atoms with Gasteiger partial charge in [0, 0.05) is 5.56 Å². The van der Waals surface area contributed by atoms with Gasteiger partial charge in [0.25, 0.3) is 0 Å². The molecule has 0 aliphatic rings. The number of carbonyl (C=O) groups is 1. The van der Waals surface area contributed by atoms with Crippen molar-refractivity contribution in [3.8, 4) is 5.75 Å². The van der Waals surface area contributed by atoms with Crippen molar-refractivity contribution in [3.05, 3.63) is 71.6 Å². The standard InChI is InChI=1S/C16H11F3O2/c17-13-7-3-1-5-11(13)9-10-14(20)12-6-2-4-8-15(12)21-16(18)19/h1-10,16H. The molecule has 0 bridgehead atoms. The molecule has 0 radical (unpaired) electrons. The zero-order valence-corrected chi connectivity index (χ0v) is 10.8. The first kappa shape index (κ1) is 14.8. The van der Waals surface area contributed by atoms with Crippen molar-refractivity contribution in [1.82, 2.24) is 0 Å². The molecule has 2 rings (SSSR count). The van der Waals surface area contributed by atoms with E-state index >= 15 is 0 Å². The Labute approximate surface area is 119 Å².